The molecule has 7 heteroatoms. The molecule has 148 valence electrons. The summed E-state index contributed by atoms with van der Waals surface area (Å²) in [4.78, 5) is 30.9. The Morgan fingerprint density at radius 2 is 1.78 bits per heavy atom. The quantitative estimate of drug-likeness (QED) is 0.851. The molecule has 0 bridgehead atoms. The van der Waals surface area contributed by atoms with E-state index in [1.165, 1.54) is 18.6 Å². The molecule has 2 aliphatic heterocycles. The molecule has 0 aliphatic carbocycles. The average molecular weight is 376 g/mol. The molecule has 3 rings (SSSR count). The van der Waals surface area contributed by atoms with Crippen LogP contribution >= 0.6 is 0 Å². The number of likely N-dealkylation sites (tertiary alicyclic amines) is 1. The number of benzene rings is 1. The molecule has 2 heterocycles. The van der Waals surface area contributed by atoms with Gasteiger partial charge in [-0.15, -0.1) is 0 Å². The number of anilines is 1. The third-order valence-corrected chi connectivity index (χ3v) is 5.42. The lowest BCUT2D eigenvalue weighted by Crippen LogP contribution is -2.53. The summed E-state index contributed by atoms with van der Waals surface area (Å²) < 4.78 is 13.2. The van der Waals surface area contributed by atoms with Crippen molar-refractivity contribution in [1.29, 1.82) is 0 Å². The largest absolute Gasteiger partial charge is 0.339 e. The number of piperazine rings is 1. The topological polar surface area (TPSA) is 55.9 Å². The lowest BCUT2D eigenvalue weighted by atomic mass is 10.0. The van der Waals surface area contributed by atoms with Crippen LogP contribution in [0, 0.1) is 5.82 Å². The number of nitrogens with one attached hydrogen (secondary N) is 1. The summed E-state index contributed by atoms with van der Waals surface area (Å²) in [5, 5.41) is 2.73. The normalized spacial score (nSPS) is 21.9. The van der Waals surface area contributed by atoms with Gasteiger partial charge in [0, 0.05) is 44.5 Å². The van der Waals surface area contributed by atoms with Gasteiger partial charge in [0.15, 0.2) is 0 Å². The van der Waals surface area contributed by atoms with Crippen molar-refractivity contribution < 1.29 is 14.0 Å². The van der Waals surface area contributed by atoms with E-state index in [9.17, 15) is 14.0 Å². The van der Waals surface area contributed by atoms with Crippen LogP contribution in [0.2, 0.25) is 0 Å². The third kappa shape index (κ3) is 5.74. The summed E-state index contributed by atoms with van der Waals surface area (Å²) in [6, 6.07) is 6.25. The van der Waals surface area contributed by atoms with Gasteiger partial charge in [-0.1, -0.05) is 6.07 Å². The van der Waals surface area contributed by atoms with Gasteiger partial charge >= 0.3 is 0 Å². The van der Waals surface area contributed by atoms with Crippen molar-refractivity contribution >= 4 is 17.5 Å². The second-order valence-electron chi connectivity index (χ2n) is 7.54. The molecule has 2 saturated heterocycles. The van der Waals surface area contributed by atoms with Crippen molar-refractivity contribution in [2.24, 2.45) is 0 Å². The van der Waals surface area contributed by atoms with Crippen molar-refractivity contribution in [1.82, 2.24) is 14.7 Å². The van der Waals surface area contributed by atoms with Crippen molar-refractivity contribution in [3.05, 3.63) is 30.1 Å². The van der Waals surface area contributed by atoms with E-state index in [1.807, 2.05) is 4.90 Å². The second kappa shape index (κ2) is 9.28. The number of carbonyl (C=O) groups is 2. The molecule has 0 spiro atoms. The van der Waals surface area contributed by atoms with Gasteiger partial charge in [-0.05, 0) is 44.4 Å². The van der Waals surface area contributed by atoms with Crippen molar-refractivity contribution in [2.75, 3.05) is 51.1 Å². The number of piperidine rings is 1. The van der Waals surface area contributed by atoms with E-state index in [-0.39, 0.29) is 24.2 Å². The molecule has 0 aromatic heterocycles. The molecule has 2 fully saturated rings. The Morgan fingerprint density at radius 3 is 2.44 bits per heavy atom. The molecule has 6 nitrogen and oxygen atoms in total. The Morgan fingerprint density at radius 1 is 1.07 bits per heavy atom. The Balaban J connectivity index is 1.39. The molecule has 0 radical (unpaired) electrons. The van der Waals surface area contributed by atoms with Gasteiger partial charge in [-0.3, -0.25) is 19.4 Å². The number of carbonyl (C=O) groups excluding carboxylic acids is 2. The number of hydrogen-bond acceptors (Lipinski definition) is 4. The molecule has 1 atom stereocenters. The first-order valence-corrected chi connectivity index (χ1v) is 9.81. The van der Waals surface area contributed by atoms with Crippen molar-refractivity contribution in [3.63, 3.8) is 0 Å². The summed E-state index contributed by atoms with van der Waals surface area (Å²) in [5.41, 5.74) is 0.472. The Bertz CT molecular complexity index is 661. The Kier molecular flexibility index (Phi) is 6.79. The highest BCUT2D eigenvalue weighted by atomic mass is 19.1. The minimum atomic E-state index is -0.367. The van der Waals surface area contributed by atoms with E-state index < -0.39 is 0 Å². The standard InChI is InChI=1S/C20H29FN4O2/c1-16-5-2-3-8-25(16)20(27)15-24-11-9-23(10-12-24)14-19(26)22-18-7-4-6-17(21)13-18/h4,6-7,13,16H,2-3,5,8-12,14-15H2,1H3,(H,22,26). The van der Waals surface area contributed by atoms with Crippen molar-refractivity contribution in [2.45, 2.75) is 32.2 Å². The van der Waals surface area contributed by atoms with E-state index in [0.29, 0.717) is 18.3 Å². The zero-order valence-electron chi connectivity index (χ0n) is 16.0. The van der Waals surface area contributed by atoms with Crippen LogP contribution in [0.5, 0.6) is 0 Å². The molecular weight excluding hydrogens is 347 g/mol. The molecule has 2 aliphatic rings. The molecule has 0 saturated carbocycles. The summed E-state index contributed by atoms with van der Waals surface area (Å²) in [5.74, 6) is -0.291. The number of nitrogens with zero attached hydrogens (tertiary/aromatic N) is 3. The molecular formula is C20H29FN4O2. The molecule has 1 aromatic carbocycles. The monoisotopic (exact) mass is 376 g/mol. The fourth-order valence-electron chi connectivity index (χ4n) is 3.83. The summed E-state index contributed by atoms with van der Waals surface area (Å²) >= 11 is 0. The fraction of sp³-hybridized carbons (Fsp3) is 0.600. The molecule has 1 unspecified atom stereocenters. The fourth-order valence-corrected chi connectivity index (χ4v) is 3.83. The summed E-state index contributed by atoms with van der Waals surface area (Å²) in [6.45, 7) is 6.81. The maximum atomic E-state index is 13.2. The highest BCUT2D eigenvalue weighted by Gasteiger charge is 2.26. The van der Waals surface area contributed by atoms with E-state index in [0.717, 1.165) is 45.6 Å². The number of halogens is 1. The summed E-state index contributed by atoms with van der Waals surface area (Å²) in [6.07, 6.45) is 3.41. The smallest absolute Gasteiger partial charge is 0.238 e. The molecule has 1 N–H and O–H groups in total. The molecule has 2 amide bonds. The lowest BCUT2D eigenvalue weighted by Gasteiger charge is -2.37. The first-order valence-electron chi connectivity index (χ1n) is 9.81. The maximum absolute atomic E-state index is 13.2. The zero-order chi connectivity index (χ0) is 19.2. The Hall–Kier alpha value is -1.99. The predicted molar refractivity (Wildman–Crippen MR) is 103 cm³/mol. The van der Waals surface area contributed by atoms with Crippen LogP contribution in [-0.2, 0) is 9.59 Å². The van der Waals surface area contributed by atoms with Gasteiger partial charge in [-0.2, -0.15) is 0 Å². The van der Waals surface area contributed by atoms with E-state index >= 15 is 0 Å². The number of hydrogen-bond donors (Lipinski definition) is 1. The SMILES string of the molecule is CC1CCCCN1C(=O)CN1CCN(CC(=O)Nc2cccc(F)c2)CC1. The molecule has 27 heavy (non-hydrogen) atoms. The van der Waals surface area contributed by atoms with Crippen LogP contribution in [0.4, 0.5) is 10.1 Å². The van der Waals surface area contributed by atoms with Gasteiger partial charge in [0.25, 0.3) is 0 Å². The van der Waals surface area contributed by atoms with E-state index in [2.05, 4.69) is 22.0 Å². The van der Waals surface area contributed by atoms with Crippen LogP contribution in [-0.4, -0.2) is 78.4 Å². The third-order valence-electron chi connectivity index (χ3n) is 5.42. The second-order valence-corrected chi connectivity index (χ2v) is 7.54. The summed E-state index contributed by atoms with van der Waals surface area (Å²) in [7, 11) is 0. The minimum absolute atomic E-state index is 0.146. The van der Waals surface area contributed by atoms with Gasteiger partial charge in [0.1, 0.15) is 5.82 Å². The number of amides is 2. The van der Waals surface area contributed by atoms with Crippen LogP contribution < -0.4 is 5.32 Å². The average Bonchev–Trinajstić information content (AvgIpc) is 2.63. The molecule has 1 aromatic rings. The van der Waals surface area contributed by atoms with Crippen LogP contribution in [0.25, 0.3) is 0 Å². The van der Waals surface area contributed by atoms with E-state index in [1.54, 1.807) is 12.1 Å². The van der Waals surface area contributed by atoms with Crippen LogP contribution in [0.1, 0.15) is 26.2 Å². The van der Waals surface area contributed by atoms with Gasteiger partial charge in [-0.25, -0.2) is 4.39 Å². The van der Waals surface area contributed by atoms with Gasteiger partial charge in [0.05, 0.1) is 13.1 Å². The first-order chi connectivity index (χ1) is 13.0. The van der Waals surface area contributed by atoms with Gasteiger partial charge < -0.3 is 10.2 Å². The van der Waals surface area contributed by atoms with Crippen molar-refractivity contribution in [3.8, 4) is 0 Å². The number of rotatable bonds is 5. The maximum Gasteiger partial charge on any atom is 0.238 e. The minimum Gasteiger partial charge on any atom is -0.339 e. The lowest BCUT2D eigenvalue weighted by molar-refractivity contribution is -0.136. The highest BCUT2D eigenvalue weighted by molar-refractivity contribution is 5.92. The van der Waals surface area contributed by atoms with Crippen LogP contribution in [0.15, 0.2) is 24.3 Å². The van der Waals surface area contributed by atoms with E-state index in [4.69, 9.17) is 0 Å². The van der Waals surface area contributed by atoms with Crippen LogP contribution in [0.3, 0.4) is 0 Å². The zero-order valence-corrected chi connectivity index (χ0v) is 16.0. The Labute approximate surface area is 160 Å². The first kappa shape index (κ1) is 19.8. The highest BCUT2D eigenvalue weighted by Crippen LogP contribution is 2.17. The predicted octanol–water partition coefficient (Wildman–Crippen LogP) is 1.78. The van der Waals surface area contributed by atoms with Gasteiger partial charge in [0.2, 0.25) is 11.8 Å².